The molecule has 7 nitrogen and oxygen atoms in total. The van der Waals surface area contributed by atoms with E-state index in [1.807, 2.05) is 66.7 Å². The van der Waals surface area contributed by atoms with E-state index in [2.05, 4.69) is 10.6 Å². The molecule has 0 aliphatic rings. The molecule has 0 spiro atoms. The molecule has 0 saturated carbocycles. The lowest BCUT2D eigenvalue weighted by atomic mass is 10.2. The summed E-state index contributed by atoms with van der Waals surface area (Å²) in [6, 6.07) is 27.2. The third-order valence-corrected chi connectivity index (χ3v) is 5.55. The van der Waals surface area contributed by atoms with Crippen molar-refractivity contribution in [3.8, 4) is 0 Å². The highest BCUT2D eigenvalue weighted by molar-refractivity contribution is 7.99. The normalized spacial score (nSPS) is 12.3. The number of anilines is 2. The maximum Gasteiger partial charge on any atom is 0.318 e. The summed E-state index contributed by atoms with van der Waals surface area (Å²) < 4.78 is 0. The molecule has 3 rings (SSSR count). The van der Waals surface area contributed by atoms with Gasteiger partial charge in [0.15, 0.2) is 11.2 Å². The maximum absolute atomic E-state index is 12.8. The van der Waals surface area contributed by atoms with Crippen molar-refractivity contribution in [3.63, 3.8) is 0 Å². The Hall–Kier alpha value is -3.78. The average Bonchev–Trinajstić information content (AvgIpc) is 2.84. The van der Waals surface area contributed by atoms with Gasteiger partial charge in [-0.3, -0.25) is 14.9 Å². The monoisotopic (exact) mass is 448 g/mol. The molecule has 0 aliphatic carbocycles. The number of hydrogen-bond donors (Lipinski definition) is 2. The third-order valence-electron chi connectivity index (χ3n) is 4.74. The molecule has 0 aliphatic heterocycles. The minimum absolute atomic E-state index is 0.156. The molecular formula is C24H24N4O3S. The summed E-state index contributed by atoms with van der Waals surface area (Å²) in [5.74, 6) is -0.120. The fraction of sp³-hybridized carbons (Fsp3) is 0.125. The topological polar surface area (TPSA) is 87.5 Å². The summed E-state index contributed by atoms with van der Waals surface area (Å²) in [5, 5.41) is 17.4. The molecule has 2 N–H and O–H groups in total. The molecule has 1 amide bonds. The first-order chi connectivity index (χ1) is 15.5. The van der Waals surface area contributed by atoms with Gasteiger partial charge < -0.3 is 15.5 Å². The lowest BCUT2D eigenvalue weighted by Crippen LogP contribution is -2.39. The van der Waals surface area contributed by atoms with Gasteiger partial charge in [-0.25, -0.2) is 0 Å². The molecule has 0 bridgehead atoms. The molecule has 3 aromatic carbocycles. The van der Waals surface area contributed by atoms with Crippen LogP contribution in [0.3, 0.4) is 0 Å². The molecule has 8 heteroatoms. The molecule has 1 unspecified atom stereocenters. The van der Waals surface area contributed by atoms with Gasteiger partial charge in [-0.2, -0.15) is 0 Å². The highest BCUT2D eigenvalue weighted by atomic mass is 32.2. The summed E-state index contributed by atoms with van der Waals surface area (Å²) in [6.07, 6.45) is 1.72. The molecule has 0 heterocycles. The third kappa shape index (κ3) is 5.67. The van der Waals surface area contributed by atoms with Crippen molar-refractivity contribution in [2.45, 2.75) is 5.37 Å². The van der Waals surface area contributed by atoms with E-state index in [0.29, 0.717) is 11.3 Å². The number of para-hydroxylation sites is 2. The Morgan fingerprint density at radius 1 is 0.938 bits per heavy atom. The second kappa shape index (κ2) is 11.0. The Balaban J connectivity index is 2.06. The quantitative estimate of drug-likeness (QED) is 0.278. The Kier molecular flexibility index (Phi) is 7.88. The number of nitrogens with zero attached hydrogens (tertiary/aromatic N) is 2. The zero-order chi connectivity index (χ0) is 22.9. The van der Waals surface area contributed by atoms with Crippen molar-refractivity contribution in [1.82, 2.24) is 5.32 Å². The van der Waals surface area contributed by atoms with E-state index < -0.39 is 10.3 Å². The summed E-state index contributed by atoms with van der Waals surface area (Å²) in [4.78, 5) is 26.3. The zero-order valence-electron chi connectivity index (χ0n) is 17.8. The number of benzene rings is 3. The van der Waals surface area contributed by atoms with E-state index in [1.165, 1.54) is 11.8 Å². The summed E-state index contributed by atoms with van der Waals surface area (Å²) in [6.45, 7) is 0. The lowest BCUT2D eigenvalue weighted by molar-refractivity contribution is -0.428. The van der Waals surface area contributed by atoms with Crippen LogP contribution >= 0.6 is 11.8 Å². The first-order valence-electron chi connectivity index (χ1n) is 9.89. The highest BCUT2D eigenvalue weighted by Crippen LogP contribution is 2.26. The average molecular weight is 449 g/mol. The number of carbonyl (C=O) groups is 1. The van der Waals surface area contributed by atoms with Crippen molar-refractivity contribution in [2.75, 3.05) is 23.5 Å². The van der Waals surface area contributed by atoms with Gasteiger partial charge in [-0.1, -0.05) is 54.6 Å². The number of hydrogen-bond acceptors (Lipinski definition) is 6. The van der Waals surface area contributed by atoms with Crippen LogP contribution in [0.5, 0.6) is 0 Å². The molecule has 0 fully saturated rings. The standard InChI is InChI=1S/C24H24N4O3S/c1-27(20-16-10-5-11-17-20)22(25-19-14-8-4-9-15-19)21(28(30)31)24(32-2)26-23(29)18-12-6-3-7-13-18/h3-17,24-25H,1-2H3,(H,26,29)/b22-21+. The number of rotatable bonds is 9. The fourth-order valence-corrected chi connectivity index (χ4v) is 3.74. The molecular weight excluding hydrogens is 424 g/mol. The van der Waals surface area contributed by atoms with Crippen LogP contribution in [0.25, 0.3) is 0 Å². The molecule has 164 valence electrons. The SMILES string of the molecule is CSC(NC(=O)c1ccccc1)/C(=C(/Nc1ccccc1)N(C)c1ccccc1)[N+](=O)[O-]. The number of nitrogens with one attached hydrogen (secondary N) is 2. The minimum atomic E-state index is -0.893. The van der Waals surface area contributed by atoms with E-state index in [1.54, 1.807) is 42.5 Å². The Labute approximate surface area is 191 Å². The largest absolute Gasteiger partial charge is 0.336 e. The van der Waals surface area contributed by atoms with Crippen LogP contribution in [0.15, 0.2) is 103 Å². The fourth-order valence-electron chi connectivity index (χ4n) is 3.10. The van der Waals surface area contributed by atoms with Crippen LogP contribution in [-0.2, 0) is 0 Å². The van der Waals surface area contributed by atoms with Crippen LogP contribution in [0, 0.1) is 10.1 Å². The molecule has 32 heavy (non-hydrogen) atoms. The van der Waals surface area contributed by atoms with Crippen LogP contribution < -0.4 is 15.5 Å². The van der Waals surface area contributed by atoms with E-state index >= 15 is 0 Å². The minimum Gasteiger partial charge on any atom is -0.336 e. The van der Waals surface area contributed by atoms with Crippen molar-refractivity contribution < 1.29 is 9.72 Å². The lowest BCUT2D eigenvalue weighted by Gasteiger charge is -2.26. The molecule has 0 saturated heterocycles. The number of amides is 1. The number of nitro groups is 1. The van der Waals surface area contributed by atoms with E-state index in [0.717, 1.165) is 5.69 Å². The maximum atomic E-state index is 12.8. The zero-order valence-corrected chi connectivity index (χ0v) is 18.6. The first kappa shape index (κ1) is 22.9. The molecule has 0 aromatic heterocycles. The predicted octanol–water partition coefficient (Wildman–Crippen LogP) is 4.80. The second-order valence-electron chi connectivity index (χ2n) is 6.83. The smallest absolute Gasteiger partial charge is 0.318 e. The van der Waals surface area contributed by atoms with Crippen molar-refractivity contribution in [3.05, 3.63) is 118 Å². The van der Waals surface area contributed by atoms with Gasteiger partial charge in [0, 0.05) is 24.0 Å². The summed E-state index contributed by atoms with van der Waals surface area (Å²) >= 11 is 1.18. The van der Waals surface area contributed by atoms with E-state index in [4.69, 9.17) is 0 Å². The van der Waals surface area contributed by atoms with Gasteiger partial charge >= 0.3 is 5.70 Å². The second-order valence-corrected chi connectivity index (χ2v) is 7.77. The first-order valence-corrected chi connectivity index (χ1v) is 11.2. The van der Waals surface area contributed by atoms with Gasteiger partial charge in [-0.15, -0.1) is 11.8 Å². The predicted molar refractivity (Wildman–Crippen MR) is 130 cm³/mol. The summed E-state index contributed by atoms with van der Waals surface area (Å²) in [5.41, 5.74) is 1.73. The van der Waals surface area contributed by atoms with Gasteiger partial charge in [-0.05, 0) is 42.7 Å². The van der Waals surface area contributed by atoms with Gasteiger partial charge in [0.2, 0.25) is 0 Å². The van der Waals surface area contributed by atoms with Crippen LogP contribution in [0.1, 0.15) is 10.4 Å². The molecule has 1 atom stereocenters. The van der Waals surface area contributed by atoms with Crippen molar-refractivity contribution >= 4 is 29.0 Å². The van der Waals surface area contributed by atoms with Gasteiger partial charge in [0.05, 0.1) is 4.92 Å². The Bertz CT molecular complexity index is 1080. The van der Waals surface area contributed by atoms with Crippen LogP contribution in [-0.4, -0.2) is 29.5 Å². The van der Waals surface area contributed by atoms with Crippen LogP contribution in [0.4, 0.5) is 11.4 Å². The van der Waals surface area contributed by atoms with Gasteiger partial charge in [0.25, 0.3) is 5.91 Å². The molecule has 0 radical (unpaired) electrons. The van der Waals surface area contributed by atoms with Crippen molar-refractivity contribution in [2.24, 2.45) is 0 Å². The highest BCUT2D eigenvalue weighted by Gasteiger charge is 2.33. The van der Waals surface area contributed by atoms with Crippen LogP contribution in [0.2, 0.25) is 0 Å². The van der Waals surface area contributed by atoms with E-state index in [9.17, 15) is 14.9 Å². The van der Waals surface area contributed by atoms with Crippen molar-refractivity contribution in [1.29, 1.82) is 0 Å². The Morgan fingerprint density at radius 2 is 1.47 bits per heavy atom. The number of thioether (sulfide) groups is 1. The van der Waals surface area contributed by atoms with Gasteiger partial charge in [0.1, 0.15) is 0 Å². The summed E-state index contributed by atoms with van der Waals surface area (Å²) in [7, 11) is 1.75. The Morgan fingerprint density at radius 3 is 2.00 bits per heavy atom. The van der Waals surface area contributed by atoms with E-state index in [-0.39, 0.29) is 17.4 Å². The molecule has 3 aromatic rings. The number of carbonyl (C=O) groups excluding carboxylic acids is 1.